The van der Waals surface area contributed by atoms with Crippen molar-refractivity contribution in [3.63, 3.8) is 0 Å². The molecule has 1 aromatic heterocycles. The van der Waals surface area contributed by atoms with Crippen LogP contribution in [0.15, 0.2) is 116 Å². The van der Waals surface area contributed by atoms with Crippen LogP contribution in [0.4, 0.5) is 0 Å². The van der Waals surface area contributed by atoms with Gasteiger partial charge in [0.05, 0.1) is 0 Å². The van der Waals surface area contributed by atoms with E-state index < -0.39 is 0 Å². The lowest BCUT2D eigenvalue weighted by molar-refractivity contribution is 1.33. The predicted molar refractivity (Wildman–Crippen MR) is 128 cm³/mol. The summed E-state index contributed by atoms with van der Waals surface area (Å²) >= 11 is 0. The Morgan fingerprint density at radius 2 is 1.13 bits per heavy atom. The van der Waals surface area contributed by atoms with E-state index >= 15 is 0 Å². The van der Waals surface area contributed by atoms with Gasteiger partial charge in [0.2, 0.25) is 0 Å². The van der Waals surface area contributed by atoms with Crippen molar-refractivity contribution < 1.29 is 0 Å². The van der Waals surface area contributed by atoms with Crippen LogP contribution in [0.5, 0.6) is 0 Å². The first-order valence-electron chi connectivity index (χ1n) is 10.2. The van der Waals surface area contributed by atoms with Gasteiger partial charge >= 0.3 is 0 Å². The summed E-state index contributed by atoms with van der Waals surface area (Å²) in [5, 5.41) is 7.74. The molecular formula is C29H19N. The second kappa shape index (κ2) is 6.82. The van der Waals surface area contributed by atoms with Crippen molar-refractivity contribution in [3.8, 4) is 22.3 Å². The molecule has 1 heterocycles. The maximum absolute atomic E-state index is 4.22. The van der Waals surface area contributed by atoms with Gasteiger partial charge in [-0.3, -0.25) is 4.98 Å². The van der Waals surface area contributed by atoms with Crippen LogP contribution in [0.1, 0.15) is 0 Å². The normalized spacial score (nSPS) is 11.3. The van der Waals surface area contributed by atoms with E-state index in [9.17, 15) is 0 Å². The van der Waals surface area contributed by atoms with Crippen LogP contribution in [0.2, 0.25) is 0 Å². The molecule has 1 nitrogen and oxygen atoms in total. The SMILES string of the molecule is c1cncc(-c2ccc(-c3ccc4cc5c(ccc6ccccc65)cc4c3)cc2)c1. The third-order valence-electron chi connectivity index (χ3n) is 5.92. The van der Waals surface area contributed by atoms with E-state index in [1.807, 2.05) is 12.3 Å². The lowest BCUT2D eigenvalue weighted by Crippen LogP contribution is -1.83. The molecule has 6 aromatic rings. The van der Waals surface area contributed by atoms with Gasteiger partial charge in [0.1, 0.15) is 0 Å². The second-order valence-corrected chi connectivity index (χ2v) is 7.74. The third-order valence-corrected chi connectivity index (χ3v) is 5.92. The molecule has 0 aliphatic carbocycles. The molecule has 1 heteroatoms. The van der Waals surface area contributed by atoms with E-state index in [0.29, 0.717) is 0 Å². The average molecular weight is 381 g/mol. The Hall–Kier alpha value is -3.97. The minimum Gasteiger partial charge on any atom is -0.264 e. The van der Waals surface area contributed by atoms with Crippen LogP contribution in [0.25, 0.3) is 54.6 Å². The molecule has 0 bridgehead atoms. The molecule has 0 atom stereocenters. The van der Waals surface area contributed by atoms with Crippen LogP contribution in [0.3, 0.4) is 0 Å². The summed E-state index contributed by atoms with van der Waals surface area (Å²) in [7, 11) is 0. The fraction of sp³-hybridized carbons (Fsp3) is 0. The summed E-state index contributed by atoms with van der Waals surface area (Å²) in [5.74, 6) is 0. The monoisotopic (exact) mass is 381 g/mol. The molecule has 30 heavy (non-hydrogen) atoms. The number of pyridine rings is 1. The van der Waals surface area contributed by atoms with Gasteiger partial charge in [0.15, 0.2) is 0 Å². The number of nitrogens with zero attached hydrogens (tertiary/aromatic N) is 1. The summed E-state index contributed by atoms with van der Waals surface area (Å²) in [6, 6.07) is 37.2. The van der Waals surface area contributed by atoms with Crippen molar-refractivity contribution in [3.05, 3.63) is 116 Å². The highest BCUT2D eigenvalue weighted by atomic mass is 14.6. The van der Waals surface area contributed by atoms with Crippen molar-refractivity contribution >= 4 is 32.3 Å². The van der Waals surface area contributed by atoms with Crippen LogP contribution in [-0.2, 0) is 0 Å². The Balaban J connectivity index is 1.45. The summed E-state index contributed by atoms with van der Waals surface area (Å²) in [5.41, 5.74) is 4.79. The van der Waals surface area contributed by atoms with Gasteiger partial charge in [-0.1, -0.05) is 78.9 Å². The molecule has 6 rings (SSSR count). The Kier molecular flexibility index (Phi) is 3.85. The lowest BCUT2D eigenvalue weighted by atomic mass is 9.95. The van der Waals surface area contributed by atoms with E-state index in [0.717, 1.165) is 5.56 Å². The molecule has 0 saturated carbocycles. The van der Waals surface area contributed by atoms with E-state index in [1.54, 1.807) is 6.20 Å². The predicted octanol–water partition coefficient (Wildman–Crippen LogP) is 7.88. The molecule has 140 valence electrons. The first kappa shape index (κ1) is 16.9. The van der Waals surface area contributed by atoms with E-state index in [-0.39, 0.29) is 0 Å². The first-order chi connectivity index (χ1) is 14.8. The fourth-order valence-corrected chi connectivity index (χ4v) is 4.32. The van der Waals surface area contributed by atoms with Gasteiger partial charge in [0, 0.05) is 12.4 Å². The highest BCUT2D eigenvalue weighted by Crippen LogP contribution is 2.32. The van der Waals surface area contributed by atoms with Crippen molar-refractivity contribution in [2.75, 3.05) is 0 Å². The quantitative estimate of drug-likeness (QED) is 0.220. The van der Waals surface area contributed by atoms with Crippen molar-refractivity contribution in [1.82, 2.24) is 4.98 Å². The molecule has 0 N–H and O–H groups in total. The largest absolute Gasteiger partial charge is 0.264 e. The molecule has 0 aliphatic rings. The standard InChI is InChI=1S/C29H19N/c1-2-6-28-22(4-1)11-14-25-17-27-16-23(12-13-24(27)18-29(25)28)20-7-9-21(10-8-20)26-5-3-15-30-19-26/h1-19H. The van der Waals surface area contributed by atoms with E-state index in [1.165, 1.54) is 49.0 Å². The Labute approximate surface area is 175 Å². The van der Waals surface area contributed by atoms with Crippen LogP contribution < -0.4 is 0 Å². The molecule has 0 amide bonds. The zero-order valence-electron chi connectivity index (χ0n) is 16.4. The number of benzene rings is 5. The zero-order valence-corrected chi connectivity index (χ0v) is 16.4. The Bertz CT molecular complexity index is 1510. The van der Waals surface area contributed by atoms with Crippen LogP contribution in [0, 0.1) is 0 Å². The Morgan fingerprint density at radius 3 is 1.97 bits per heavy atom. The Morgan fingerprint density at radius 1 is 0.400 bits per heavy atom. The van der Waals surface area contributed by atoms with Gasteiger partial charge in [-0.2, -0.15) is 0 Å². The molecule has 0 saturated heterocycles. The highest BCUT2D eigenvalue weighted by Gasteiger charge is 2.05. The first-order valence-corrected chi connectivity index (χ1v) is 10.2. The highest BCUT2D eigenvalue weighted by molar-refractivity contribution is 6.12. The molecule has 0 fully saturated rings. The number of rotatable bonds is 2. The number of aromatic nitrogens is 1. The van der Waals surface area contributed by atoms with Crippen molar-refractivity contribution in [2.24, 2.45) is 0 Å². The molecule has 5 aromatic carbocycles. The van der Waals surface area contributed by atoms with Crippen molar-refractivity contribution in [1.29, 1.82) is 0 Å². The maximum Gasteiger partial charge on any atom is 0.0346 e. The zero-order chi connectivity index (χ0) is 19.9. The summed E-state index contributed by atoms with van der Waals surface area (Å²) < 4.78 is 0. The third kappa shape index (κ3) is 2.84. The smallest absolute Gasteiger partial charge is 0.0346 e. The minimum atomic E-state index is 1.14. The van der Waals surface area contributed by atoms with Gasteiger partial charge in [-0.05, 0) is 78.8 Å². The van der Waals surface area contributed by atoms with Gasteiger partial charge in [0.25, 0.3) is 0 Å². The lowest BCUT2D eigenvalue weighted by Gasteiger charge is -2.09. The van der Waals surface area contributed by atoms with Crippen LogP contribution in [-0.4, -0.2) is 4.98 Å². The van der Waals surface area contributed by atoms with Gasteiger partial charge in [-0.15, -0.1) is 0 Å². The molecule has 0 spiro atoms. The number of hydrogen-bond acceptors (Lipinski definition) is 1. The fourth-order valence-electron chi connectivity index (χ4n) is 4.32. The van der Waals surface area contributed by atoms with E-state index in [4.69, 9.17) is 0 Å². The van der Waals surface area contributed by atoms with Gasteiger partial charge in [-0.25, -0.2) is 0 Å². The molecule has 0 aliphatic heterocycles. The van der Waals surface area contributed by atoms with Crippen molar-refractivity contribution in [2.45, 2.75) is 0 Å². The topological polar surface area (TPSA) is 12.9 Å². The average Bonchev–Trinajstić information content (AvgIpc) is 2.83. The maximum atomic E-state index is 4.22. The van der Waals surface area contributed by atoms with Gasteiger partial charge < -0.3 is 0 Å². The molecular weight excluding hydrogens is 362 g/mol. The summed E-state index contributed by atoms with van der Waals surface area (Å²) in [6.07, 6.45) is 3.71. The minimum absolute atomic E-state index is 1.14. The summed E-state index contributed by atoms with van der Waals surface area (Å²) in [4.78, 5) is 4.22. The summed E-state index contributed by atoms with van der Waals surface area (Å²) in [6.45, 7) is 0. The molecule has 0 unspecified atom stereocenters. The van der Waals surface area contributed by atoms with E-state index in [2.05, 4.69) is 102 Å². The number of hydrogen-bond donors (Lipinski definition) is 0. The second-order valence-electron chi connectivity index (χ2n) is 7.74. The molecule has 0 radical (unpaired) electrons. The number of fused-ring (bicyclic) bond motifs is 4. The van der Waals surface area contributed by atoms with Crippen LogP contribution >= 0.6 is 0 Å².